The maximum absolute atomic E-state index is 13.3. The van der Waals surface area contributed by atoms with Gasteiger partial charge in [-0.15, -0.1) is 0 Å². The van der Waals surface area contributed by atoms with Crippen molar-refractivity contribution in [1.82, 2.24) is 0 Å². The molecule has 0 fully saturated rings. The minimum Gasteiger partial charge on any atom is -0.396 e. The summed E-state index contributed by atoms with van der Waals surface area (Å²) < 4.78 is 13.3. The molecule has 2 aromatic rings. The highest BCUT2D eigenvalue weighted by molar-refractivity contribution is 6.31. The summed E-state index contributed by atoms with van der Waals surface area (Å²) in [4.78, 5) is 12.0. The molecule has 0 aliphatic carbocycles. The molecule has 0 aliphatic heterocycles. The van der Waals surface area contributed by atoms with Crippen LogP contribution >= 0.6 is 11.6 Å². The fraction of sp³-hybridized carbons (Fsp3) is 0.0714. The Bertz CT molecular complexity index is 598. The van der Waals surface area contributed by atoms with Gasteiger partial charge in [-0.3, -0.25) is 4.79 Å². The molecule has 0 aromatic heterocycles. The number of Topliss-reactive ketones (excluding diaryl/α,β-unsaturated/α-hetero) is 1. The Kier molecular flexibility index (Phi) is 3.63. The molecule has 92 valence electrons. The van der Waals surface area contributed by atoms with Crippen molar-refractivity contribution in [2.24, 2.45) is 0 Å². The molecule has 0 saturated carbocycles. The molecular formula is C14H11ClFNO. The number of hydrogen-bond donors (Lipinski definition) is 1. The maximum Gasteiger partial charge on any atom is 0.167 e. The summed E-state index contributed by atoms with van der Waals surface area (Å²) in [5.74, 6) is -0.776. The van der Waals surface area contributed by atoms with E-state index in [-0.39, 0.29) is 17.9 Å². The zero-order valence-corrected chi connectivity index (χ0v) is 10.2. The molecule has 4 heteroatoms. The van der Waals surface area contributed by atoms with E-state index in [1.807, 2.05) is 0 Å². The van der Waals surface area contributed by atoms with Crippen molar-refractivity contribution in [2.75, 3.05) is 5.73 Å². The molecule has 2 rings (SSSR count). The summed E-state index contributed by atoms with van der Waals surface area (Å²) in [6.07, 6.45) is 0.142. The third kappa shape index (κ3) is 2.68. The molecule has 0 aliphatic rings. The van der Waals surface area contributed by atoms with Crippen LogP contribution in [0, 0.1) is 5.82 Å². The van der Waals surface area contributed by atoms with E-state index in [9.17, 15) is 9.18 Å². The van der Waals surface area contributed by atoms with Gasteiger partial charge in [0.15, 0.2) is 5.78 Å². The lowest BCUT2D eigenvalue weighted by Gasteiger charge is -2.04. The van der Waals surface area contributed by atoms with Gasteiger partial charge in [-0.1, -0.05) is 29.8 Å². The Hall–Kier alpha value is -1.87. The molecule has 0 radical (unpaired) electrons. The van der Waals surface area contributed by atoms with Crippen LogP contribution in [0.3, 0.4) is 0 Å². The first kappa shape index (κ1) is 12.6. The van der Waals surface area contributed by atoms with E-state index in [4.69, 9.17) is 17.3 Å². The average Bonchev–Trinajstić information content (AvgIpc) is 2.35. The molecule has 2 aromatic carbocycles. The normalized spacial score (nSPS) is 10.3. The lowest BCUT2D eigenvalue weighted by atomic mass is 10.0. The third-order valence-corrected chi connectivity index (χ3v) is 3.00. The molecule has 0 unspecified atom stereocenters. The first-order valence-corrected chi connectivity index (χ1v) is 5.77. The van der Waals surface area contributed by atoms with Crippen LogP contribution in [0.25, 0.3) is 0 Å². The van der Waals surface area contributed by atoms with Crippen LogP contribution in [0.2, 0.25) is 5.02 Å². The SMILES string of the molecule is Nc1ccc(C(=O)Cc2ccccc2Cl)cc1F. The van der Waals surface area contributed by atoms with E-state index in [2.05, 4.69) is 0 Å². The summed E-state index contributed by atoms with van der Waals surface area (Å²) >= 11 is 5.97. The lowest BCUT2D eigenvalue weighted by molar-refractivity contribution is 0.0992. The van der Waals surface area contributed by atoms with Crippen molar-refractivity contribution in [3.05, 3.63) is 64.4 Å². The number of nitrogen functional groups attached to an aromatic ring is 1. The number of hydrogen-bond acceptors (Lipinski definition) is 2. The second kappa shape index (κ2) is 5.19. The summed E-state index contributed by atoms with van der Waals surface area (Å²) in [6, 6.07) is 11.1. The van der Waals surface area contributed by atoms with Gasteiger partial charge in [0.25, 0.3) is 0 Å². The van der Waals surface area contributed by atoms with Crippen LogP contribution in [-0.2, 0) is 6.42 Å². The molecule has 0 saturated heterocycles. The standard InChI is InChI=1S/C14H11ClFNO/c15-11-4-2-1-3-9(11)8-14(18)10-5-6-13(17)12(16)7-10/h1-7H,8,17H2. The number of rotatable bonds is 3. The van der Waals surface area contributed by atoms with Gasteiger partial charge in [0.05, 0.1) is 5.69 Å². The minimum atomic E-state index is -0.583. The Morgan fingerprint density at radius 2 is 1.94 bits per heavy atom. The smallest absolute Gasteiger partial charge is 0.167 e. The summed E-state index contributed by atoms with van der Waals surface area (Å²) in [5.41, 5.74) is 6.41. The fourth-order valence-corrected chi connectivity index (χ4v) is 1.82. The van der Waals surface area contributed by atoms with Crippen molar-refractivity contribution < 1.29 is 9.18 Å². The monoisotopic (exact) mass is 263 g/mol. The average molecular weight is 264 g/mol. The quantitative estimate of drug-likeness (QED) is 0.680. The topological polar surface area (TPSA) is 43.1 Å². The molecule has 2 N–H and O–H groups in total. The Morgan fingerprint density at radius 1 is 1.22 bits per heavy atom. The second-order valence-corrected chi connectivity index (χ2v) is 4.33. The van der Waals surface area contributed by atoms with Crippen molar-refractivity contribution in [3.63, 3.8) is 0 Å². The number of benzene rings is 2. The largest absolute Gasteiger partial charge is 0.396 e. The summed E-state index contributed by atoms with van der Waals surface area (Å²) in [6.45, 7) is 0. The van der Waals surface area contributed by atoms with Crippen LogP contribution in [-0.4, -0.2) is 5.78 Å². The highest BCUT2D eigenvalue weighted by Gasteiger charge is 2.11. The third-order valence-electron chi connectivity index (χ3n) is 2.63. The van der Waals surface area contributed by atoms with Gasteiger partial charge < -0.3 is 5.73 Å². The van der Waals surface area contributed by atoms with Gasteiger partial charge in [-0.25, -0.2) is 4.39 Å². The minimum absolute atomic E-state index is 0.0318. The van der Waals surface area contributed by atoms with E-state index in [0.717, 1.165) is 11.6 Å². The van der Waals surface area contributed by atoms with Crippen LogP contribution in [0.4, 0.5) is 10.1 Å². The van der Waals surface area contributed by atoms with E-state index in [1.54, 1.807) is 24.3 Å². The van der Waals surface area contributed by atoms with Crippen LogP contribution in [0.1, 0.15) is 15.9 Å². The van der Waals surface area contributed by atoms with Gasteiger partial charge >= 0.3 is 0 Å². The zero-order valence-electron chi connectivity index (χ0n) is 9.49. The number of halogens is 2. The molecule has 0 heterocycles. The molecule has 2 nitrogen and oxygen atoms in total. The number of carbonyl (C=O) groups is 1. The predicted molar refractivity (Wildman–Crippen MR) is 70.3 cm³/mol. The van der Waals surface area contributed by atoms with Crippen LogP contribution < -0.4 is 5.73 Å². The number of ketones is 1. The van der Waals surface area contributed by atoms with Crippen molar-refractivity contribution in [1.29, 1.82) is 0 Å². The maximum atomic E-state index is 13.3. The predicted octanol–water partition coefficient (Wildman–Crippen LogP) is 3.49. The summed E-state index contributed by atoms with van der Waals surface area (Å²) in [5, 5.41) is 0.529. The van der Waals surface area contributed by atoms with Crippen molar-refractivity contribution in [3.8, 4) is 0 Å². The van der Waals surface area contributed by atoms with Gasteiger partial charge in [-0.2, -0.15) is 0 Å². The molecule has 0 bridgehead atoms. The van der Waals surface area contributed by atoms with E-state index < -0.39 is 5.82 Å². The first-order chi connectivity index (χ1) is 8.58. The van der Waals surface area contributed by atoms with Gasteiger partial charge in [0, 0.05) is 17.0 Å². The number of carbonyl (C=O) groups excluding carboxylic acids is 1. The Balaban J connectivity index is 2.22. The molecule has 0 spiro atoms. The highest BCUT2D eigenvalue weighted by Crippen LogP contribution is 2.19. The zero-order chi connectivity index (χ0) is 13.1. The first-order valence-electron chi connectivity index (χ1n) is 5.39. The van der Waals surface area contributed by atoms with E-state index >= 15 is 0 Å². The molecule has 0 amide bonds. The second-order valence-electron chi connectivity index (χ2n) is 3.93. The summed E-state index contributed by atoms with van der Waals surface area (Å²) in [7, 11) is 0. The lowest BCUT2D eigenvalue weighted by Crippen LogP contribution is -2.05. The van der Waals surface area contributed by atoms with Crippen LogP contribution in [0.5, 0.6) is 0 Å². The Labute approximate surface area is 109 Å². The van der Waals surface area contributed by atoms with Gasteiger partial charge in [0.1, 0.15) is 5.82 Å². The van der Waals surface area contributed by atoms with E-state index in [1.165, 1.54) is 12.1 Å². The van der Waals surface area contributed by atoms with E-state index in [0.29, 0.717) is 10.6 Å². The molecule has 18 heavy (non-hydrogen) atoms. The van der Waals surface area contributed by atoms with Crippen molar-refractivity contribution in [2.45, 2.75) is 6.42 Å². The highest BCUT2D eigenvalue weighted by atomic mass is 35.5. The fourth-order valence-electron chi connectivity index (χ4n) is 1.62. The number of anilines is 1. The number of nitrogens with two attached hydrogens (primary N) is 1. The van der Waals surface area contributed by atoms with Gasteiger partial charge in [0.2, 0.25) is 0 Å². The Morgan fingerprint density at radius 3 is 2.61 bits per heavy atom. The molecule has 0 atom stereocenters. The molecular weight excluding hydrogens is 253 g/mol. The van der Waals surface area contributed by atoms with Crippen molar-refractivity contribution >= 4 is 23.1 Å². The van der Waals surface area contributed by atoms with Gasteiger partial charge in [-0.05, 0) is 29.8 Å². The van der Waals surface area contributed by atoms with Crippen LogP contribution in [0.15, 0.2) is 42.5 Å².